The molecule has 0 spiro atoms. The van der Waals surface area contributed by atoms with Gasteiger partial charge >= 0.3 is 0 Å². The summed E-state index contributed by atoms with van der Waals surface area (Å²) in [6, 6.07) is 16.5. The van der Waals surface area contributed by atoms with Crippen molar-refractivity contribution in [1.29, 1.82) is 0 Å². The second kappa shape index (κ2) is 8.89. The van der Waals surface area contributed by atoms with Crippen LogP contribution < -0.4 is 20.5 Å². The molecule has 0 aliphatic carbocycles. The number of nitrogens with one attached hydrogen (secondary N) is 1. The maximum atomic E-state index is 13.3. The van der Waals surface area contributed by atoms with Gasteiger partial charge in [-0.3, -0.25) is 9.78 Å². The minimum Gasteiger partial charge on any atom is -0.495 e. The van der Waals surface area contributed by atoms with E-state index in [9.17, 15) is 4.79 Å². The Balaban J connectivity index is 1.87. The molecular formula is C24H23N3O4. The number of hydrogen-bond acceptors (Lipinski definition) is 6. The normalized spacial score (nSPS) is 10.8. The second-order valence-electron chi connectivity index (χ2n) is 6.87. The zero-order chi connectivity index (χ0) is 21.8. The van der Waals surface area contributed by atoms with Gasteiger partial charge in [-0.15, -0.1) is 0 Å². The number of fused-ring (bicyclic) bond motifs is 1. The smallest absolute Gasteiger partial charge is 0.292 e. The molecule has 0 aliphatic rings. The summed E-state index contributed by atoms with van der Waals surface area (Å²) >= 11 is 0. The number of amides is 1. The van der Waals surface area contributed by atoms with Crippen LogP contribution in [0.15, 0.2) is 65.2 Å². The molecule has 7 nitrogen and oxygen atoms in total. The van der Waals surface area contributed by atoms with E-state index < -0.39 is 5.91 Å². The van der Waals surface area contributed by atoms with Crippen LogP contribution in [0.5, 0.6) is 11.5 Å². The quantitative estimate of drug-likeness (QED) is 0.466. The first-order chi connectivity index (χ1) is 15.2. The molecule has 3 N–H and O–H groups in total. The molecule has 0 saturated heterocycles. The van der Waals surface area contributed by atoms with Crippen LogP contribution in [0.2, 0.25) is 0 Å². The fourth-order valence-corrected chi connectivity index (χ4v) is 3.55. The topological polar surface area (TPSA) is 99.6 Å². The number of nitrogens with two attached hydrogens (primary N) is 1. The fourth-order valence-electron chi connectivity index (χ4n) is 3.55. The van der Waals surface area contributed by atoms with Crippen molar-refractivity contribution in [2.75, 3.05) is 26.1 Å². The number of ether oxygens (including phenoxy) is 2. The van der Waals surface area contributed by atoms with E-state index >= 15 is 0 Å². The van der Waals surface area contributed by atoms with Crippen LogP contribution in [-0.2, 0) is 6.42 Å². The lowest BCUT2D eigenvalue weighted by molar-refractivity contribution is 0.0999. The molecule has 1 amide bonds. The lowest BCUT2D eigenvalue weighted by Crippen LogP contribution is -2.13. The van der Waals surface area contributed by atoms with E-state index in [1.165, 1.54) is 0 Å². The number of carbonyl (C=O) groups excluding carboxylic acids is 1. The first-order valence-electron chi connectivity index (χ1n) is 9.85. The Morgan fingerprint density at radius 3 is 2.61 bits per heavy atom. The predicted molar refractivity (Wildman–Crippen MR) is 120 cm³/mol. The molecule has 158 valence electrons. The van der Waals surface area contributed by atoms with E-state index in [0.717, 1.165) is 16.6 Å². The van der Waals surface area contributed by atoms with E-state index in [-0.39, 0.29) is 5.76 Å². The summed E-state index contributed by atoms with van der Waals surface area (Å²) < 4.78 is 16.9. The molecule has 2 heterocycles. The number of hydrogen-bond donors (Lipinski definition) is 2. The van der Waals surface area contributed by atoms with Crippen molar-refractivity contribution >= 4 is 22.6 Å². The van der Waals surface area contributed by atoms with Crippen LogP contribution in [0.3, 0.4) is 0 Å². The van der Waals surface area contributed by atoms with Gasteiger partial charge in [0.25, 0.3) is 5.91 Å². The number of carbonyl (C=O) groups is 1. The zero-order valence-corrected chi connectivity index (χ0v) is 17.3. The van der Waals surface area contributed by atoms with Gasteiger partial charge in [0.05, 0.1) is 19.9 Å². The van der Waals surface area contributed by atoms with Crippen LogP contribution in [-0.4, -0.2) is 31.7 Å². The minimum atomic E-state index is -0.394. The highest BCUT2D eigenvalue weighted by molar-refractivity contribution is 6.13. The third kappa shape index (κ3) is 3.95. The van der Waals surface area contributed by atoms with Crippen molar-refractivity contribution in [3.63, 3.8) is 0 Å². The number of furan rings is 1. The van der Waals surface area contributed by atoms with Gasteiger partial charge in [0.2, 0.25) is 5.76 Å². The highest BCUT2D eigenvalue weighted by Crippen LogP contribution is 2.39. The van der Waals surface area contributed by atoms with Gasteiger partial charge in [-0.25, -0.2) is 0 Å². The number of rotatable bonds is 7. The zero-order valence-electron chi connectivity index (χ0n) is 17.3. The molecule has 0 unspecified atom stereocenters. The van der Waals surface area contributed by atoms with Crippen molar-refractivity contribution in [3.05, 3.63) is 72.2 Å². The largest absolute Gasteiger partial charge is 0.495 e. The lowest BCUT2D eigenvalue weighted by Gasteiger charge is -2.10. The molecule has 0 radical (unpaired) electrons. The number of pyridine rings is 1. The summed E-state index contributed by atoms with van der Waals surface area (Å²) in [5.74, 6) is 0.886. The minimum absolute atomic E-state index is 0.176. The van der Waals surface area contributed by atoms with Crippen molar-refractivity contribution in [3.8, 4) is 22.6 Å². The van der Waals surface area contributed by atoms with Crippen molar-refractivity contribution in [1.82, 2.24) is 4.98 Å². The summed E-state index contributed by atoms with van der Waals surface area (Å²) in [4.78, 5) is 17.7. The van der Waals surface area contributed by atoms with Gasteiger partial charge < -0.3 is 24.9 Å². The molecule has 4 aromatic rings. The third-order valence-corrected chi connectivity index (χ3v) is 4.97. The number of nitrogens with zero attached hydrogens (tertiary/aromatic N) is 1. The van der Waals surface area contributed by atoms with Gasteiger partial charge in [0.15, 0.2) is 11.3 Å². The maximum absolute atomic E-state index is 13.3. The Labute approximate surface area is 179 Å². The Hall–Kier alpha value is -3.84. The SMILES string of the molecule is COc1ccccc1NC(=O)c1oc2c(OC)cccc2c1-c1ccnc(CCN)c1. The van der Waals surface area contributed by atoms with Gasteiger partial charge in [-0.1, -0.05) is 24.3 Å². The molecular weight excluding hydrogens is 394 g/mol. The monoisotopic (exact) mass is 417 g/mol. The van der Waals surface area contributed by atoms with Crippen molar-refractivity contribution < 1.29 is 18.7 Å². The number of para-hydroxylation sites is 3. The molecule has 0 saturated carbocycles. The predicted octanol–water partition coefficient (Wildman–Crippen LogP) is 4.27. The first kappa shape index (κ1) is 20.4. The van der Waals surface area contributed by atoms with Crippen LogP contribution in [0, 0.1) is 0 Å². The van der Waals surface area contributed by atoms with E-state index in [0.29, 0.717) is 41.3 Å². The summed E-state index contributed by atoms with van der Waals surface area (Å²) in [7, 11) is 3.12. The highest BCUT2D eigenvalue weighted by atomic mass is 16.5. The molecule has 7 heteroatoms. The average molecular weight is 417 g/mol. The van der Waals surface area contributed by atoms with Gasteiger partial charge in [-0.05, 0) is 42.4 Å². The molecule has 0 atom stereocenters. The Morgan fingerprint density at radius 2 is 1.84 bits per heavy atom. The standard InChI is InChI=1S/C24H23N3O4/c1-29-19-8-4-3-7-18(19)27-24(28)23-21(15-11-13-26-16(14-15)10-12-25)17-6-5-9-20(30-2)22(17)31-23/h3-9,11,13-14H,10,12,25H2,1-2H3,(H,27,28). The first-order valence-corrected chi connectivity index (χ1v) is 9.85. The summed E-state index contributed by atoms with van der Waals surface area (Å²) in [6.07, 6.45) is 2.34. The molecule has 2 aromatic heterocycles. The Bertz CT molecular complexity index is 1230. The van der Waals surface area contributed by atoms with Crippen molar-refractivity contribution in [2.24, 2.45) is 5.73 Å². The van der Waals surface area contributed by atoms with Gasteiger partial charge in [0.1, 0.15) is 5.75 Å². The van der Waals surface area contributed by atoms with Crippen LogP contribution >= 0.6 is 0 Å². The summed E-state index contributed by atoms with van der Waals surface area (Å²) in [6.45, 7) is 0.484. The lowest BCUT2D eigenvalue weighted by atomic mass is 10.0. The van der Waals surface area contributed by atoms with Crippen molar-refractivity contribution in [2.45, 2.75) is 6.42 Å². The molecule has 4 rings (SSSR count). The van der Waals surface area contributed by atoms with Crippen LogP contribution in [0.1, 0.15) is 16.2 Å². The summed E-state index contributed by atoms with van der Waals surface area (Å²) in [5, 5.41) is 3.66. The van der Waals surface area contributed by atoms with E-state index in [4.69, 9.17) is 19.6 Å². The molecule has 2 aromatic carbocycles. The number of benzene rings is 2. The maximum Gasteiger partial charge on any atom is 0.292 e. The van der Waals surface area contributed by atoms with Crippen LogP contribution in [0.25, 0.3) is 22.1 Å². The number of anilines is 1. The fraction of sp³-hybridized carbons (Fsp3) is 0.167. The number of aromatic nitrogens is 1. The van der Waals surface area contributed by atoms with E-state index in [1.807, 2.05) is 36.4 Å². The molecule has 31 heavy (non-hydrogen) atoms. The molecule has 0 aliphatic heterocycles. The van der Waals surface area contributed by atoms with Gasteiger partial charge in [0, 0.05) is 29.3 Å². The number of methoxy groups -OCH3 is 2. The van der Waals surface area contributed by atoms with Gasteiger partial charge in [-0.2, -0.15) is 0 Å². The van der Waals surface area contributed by atoms with Crippen LogP contribution in [0.4, 0.5) is 5.69 Å². The van der Waals surface area contributed by atoms with E-state index in [2.05, 4.69) is 10.3 Å². The van der Waals surface area contributed by atoms with E-state index in [1.54, 1.807) is 38.6 Å². The average Bonchev–Trinajstić information content (AvgIpc) is 3.20. The third-order valence-electron chi connectivity index (χ3n) is 4.97. The Kier molecular flexibility index (Phi) is 5.86. The summed E-state index contributed by atoms with van der Waals surface area (Å²) in [5.41, 5.74) is 9.07. The highest BCUT2D eigenvalue weighted by Gasteiger charge is 2.25. The molecule has 0 bridgehead atoms. The second-order valence-corrected chi connectivity index (χ2v) is 6.87. The Morgan fingerprint density at radius 1 is 1.06 bits per heavy atom. The molecule has 0 fully saturated rings.